The Bertz CT molecular complexity index is 1740. The van der Waals surface area contributed by atoms with E-state index in [4.69, 9.17) is 19.4 Å². The monoisotopic (exact) mass is 653 g/mol. The normalized spacial score (nSPS) is 16.2. The van der Waals surface area contributed by atoms with E-state index in [-0.39, 0.29) is 16.7 Å². The molecule has 0 aromatic carbocycles. The van der Waals surface area contributed by atoms with Crippen LogP contribution in [0.1, 0.15) is 30.1 Å². The second kappa shape index (κ2) is 13.6. The van der Waals surface area contributed by atoms with Crippen molar-refractivity contribution in [2.24, 2.45) is 5.92 Å². The van der Waals surface area contributed by atoms with Crippen molar-refractivity contribution in [2.75, 3.05) is 74.7 Å². The second-order valence-corrected chi connectivity index (χ2v) is 13.8. The Morgan fingerprint density at radius 1 is 1.04 bits per heavy atom. The number of rotatable bonds is 10. The van der Waals surface area contributed by atoms with Crippen LogP contribution in [0.3, 0.4) is 0 Å². The summed E-state index contributed by atoms with van der Waals surface area (Å²) in [6.07, 6.45) is 6.19. The Labute approximate surface area is 265 Å². The number of nitrogens with zero attached hydrogens (tertiary/aromatic N) is 7. The SMILES string of the molecule is CCOC(=O)c1cnc(N2CCC(CNS(=O)(=O)c3cc4nc(-c5ccc(NC)nc5)nc(N5CCOCC5)c4s3)CC2)nc1. The fourth-order valence-corrected chi connectivity index (χ4v) is 7.83. The summed E-state index contributed by atoms with van der Waals surface area (Å²) < 4.78 is 41.3. The summed E-state index contributed by atoms with van der Waals surface area (Å²) in [6.45, 7) is 6.16. The van der Waals surface area contributed by atoms with E-state index >= 15 is 0 Å². The van der Waals surface area contributed by atoms with E-state index in [0.29, 0.717) is 74.6 Å². The molecule has 0 amide bonds. The van der Waals surface area contributed by atoms with Crippen molar-refractivity contribution in [3.8, 4) is 11.4 Å². The first-order chi connectivity index (χ1) is 21.8. The van der Waals surface area contributed by atoms with Gasteiger partial charge in [0, 0.05) is 63.9 Å². The van der Waals surface area contributed by atoms with E-state index in [2.05, 4.69) is 29.9 Å². The Morgan fingerprint density at radius 2 is 1.80 bits per heavy atom. The van der Waals surface area contributed by atoms with Crippen LogP contribution in [-0.2, 0) is 19.5 Å². The van der Waals surface area contributed by atoms with Crippen LogP contribution in [0.25, 0.3) is 21.6 Å². The van der Waals surface area contributed by atoms with Gasteiger partial charge in [-0.2, -0.15) is 0 Å². The van der Waals surface area contributed by atoms with Crippen molar-refractivity contribution in [3.63, 3.8) is 0 Å². The minimum absolute atomic E-state index is 0.160. The maximum Gasteiger partial charge on any atom is 0.341 e. The number of thiophene rings is 1. The summed E-state index contributed by atoms with van der Waals surface area (Å²) in [5.74, 6) is 2.17. The maximum atomic E-state index is 13.5. The largest absolute Gasteiger partial charge is 0.462 e. The number of hydrogen-bond donors (Lipinski definition) is 2. The van der Waals surface area contributed by atoms with Crippen molar-refractivity contribution in [3.05, 3.63) is 42.4 Å². The molecule has 2 saturated heterocycles. The average molecular weight is 654 g/mol. The van der Waals surface area contributed by atoms with E-state index in [0.717, 1.165) is 28.9 Å². The molecule has 6 rings (SSSR count). The molecule has 0 saturated carbocycles. The van der Waals surface area contributed by atoms with Crippen molar-refractivity contribution in [1.29, 1.82) is 0 Å². The minimum Gasteiger partial charge on any atom is -0.462 e. The van der Waals surface area contributed by atoms with E-state index in [1.807, 2.05) is 17.0 Å². The Hall–Kier alpha value is -3.99. The topological polar surface area (TPSA) is 165 Å². The Kier molecular flexibility index (Phi) is 9.34. The van der Waals surface area contributed by atoms with Crippen LogP contribution in [-0.4, -0.2) is 98.9 Å². The van der Waals surface area contributed by atoms with Crippen LogP contribution >= 0.6 is 11.3 Å². The second-order valence-electron chi connectivity index (χ2n) is 10.7. The summed E-state index contributed by atoms with van der Waals surface area (Å²) in [7, 11) is -1.98. The van der Waals surface area contributed by atoms with Crippen molar-refractivity contribution in [2.45, 2.75) is 24.0 Å². The highest BCUT2D eigenvalue weighted by molar-refractivity contribution is 7.91. The van der Waals surface area contributed by atoms with E-state index in [1.54, 1.807) is 26.2 Å². The number of hydrogen-bond acceptors (Lipinski definition) is 14. The molecule has 14 nitrogen and oxygen atoms in total. The van der Waals surface area contributed by atoms with Crippen LogP contribution < -0.4 is 19.8 Å². The van der Waals surface area contributed by atoms with Gasteiger partial charge in [-0.25, -0.2) is 42.9 Å². The number of ether oxygens (including phenoxy) is 2. The standard InChI is InChI=1S/C29H35N9O5S2/c1-3-43-28(39)21-17-32-29(33-18-21)38-8-6-19(7-9-38)15-34-45(40,41)24-14-22-25(44-24)27(37-10-12-42-13-11-37)36-26(35-22)20-4-5-23(30-2)31-16-20/h4-5,14,16-19,34H,3,6-13,15H2,1-2H3,(H,30,31). The third kappa shape index (κ3) is 6.98. The van der Waals surface area contributed by atoms with Gasteiger partial charge in [-0.1, -0.05) is 0 Å². The molecular weight excluding hydrogens is 619 g/mol. The lowest BCUT2D eigenvalue weighted by molar-refractivity contribution is 0.0525. The molecule has 16 heteroatoms. The molecule has 45 heavy (non-hydrogen) atoms. The third-order valence-electron chi connectivity index (χ3n) is 7.79. The third-order valence-corrected chi connectivity index (χ3v) is 10.8. The Balaban J connectivity index is 1.15. The molecule has 0 radical (unpaired) electrons. The van der Waals surface area contributed by atoms with Crippen molar-refractivity contribution >= 4 is 55.1 Å². The molecule has 0 unspecified atom stereocenters. The summed E-state index contributed by atoms with van der Waals surface area (Å²) in [4.78, 5) is 38.7. The number of aromatic nitrogens is 5. The van der Waals surface area contributed by atoms with Crippen LogP contribution in [0.4, 0.5) is 17.6 Å². The predicted octanol–water partition coefficient (Wildman–Crippen LogP) is 2.79. The first-order valence-corrected chi connectivity index (χ1v) is 17.2. The number of piperidine rings is 1. The van der Waals surface area contributed by atoms with E-state index < -0.39 is 16.0 Å². The molecule has 6 heterocycles. The number of morpholine rings is 1. The smallest absolute Gasteiger partial charge is 0.341 e. The zero-order valence-electron chi connectivity index (χ0n) is 25.1. The van der Waals surface area contributed by atoms with E-state index in [1.165, 1.54) is 23.7 Å². The molecule has 2 N–H and O–H groups in total. The summed E-state index contributed by atoms with van der Waals surface area (Å²) >= 11 is 1.18. The van der Waals surface area contributed by atoms with Gasteiger partial charge in [0.1, 0.15) is 10.0 Å². The highest BCUT2D eigenvalue weighted by atomic mass is 32.2. The Morgan fingerprint density at radius 3 is 2.47 bits per heavy atom. The molecule has 0 aliphatic carbocycles. The number of pyridine rings is 1. The molecule has 2 aliphatic rings. The number of fused-ring (bicyclic) bond motifs is 1. The summed E-state index contributed by atoms with van der Waals surface area (Å²) in [6, 6.07) is 5.38. The summed E-state index contributed by atoms with van der Waals surface area (Å²) in [5.41, 5.74) is 1.63. The molecule has 4 aromatic rings. The molecule has 0 atom stereocenters. The lowest BCUT2D eigenvalue weighted by Gasteiger charge is -2.31. The fourth-order valence-electron chi connectivity index (χ4n) is 5.26. The lowest BCUT2D eigenvalue weighted by atomic mass is 9.97. The molecule has 2 aliphatic heterocycles. The van der Waals surface area contributed by atoms with Crippen LogP contribution in [0, 0.1) is 5.92 Å². The first kappa shape index (κ1) is 31.0. The number of esters is 1. The highest BCUT2D eigenvalue weighted by Crippen LogP contribution is 2.36. The zero-order chi connectivity index (χ0) is 31.4. The van der Waals surface area contributed by atoms with Gasteiger partial charge < -0.3 is 24.6 Å². The van der Waals surface area contributed by atoms with E-state index in [9.17, 15) is 13.2 Å². The molecule has 4 aromatic heterocycles. The van der Waals surface area contributed by atoms with Gasteiger partial charge in [0.05, 0.1) is 35.6 Å². The van der Waals surface area contributed by atoms with Gasteiger partial charge in [0.2, 0.25) is 16.0 Å². The number of nitrogens with one attached hydrogen (secondary N) is 2. The first-order valence-electron chi connectivity index (χ1n) is 14.9. The van der Waals surface area contributed by atoms with Crippen LogP contribution in [0.5, 0.6) is 0 Å². The molecule has 2 fully saturated rings. The minimum atomic E-state index is -3.78. The molecule has 238 valence electrons. The highest BCUT2D eigenvalue weighted by Gasteiger charge is 2.27. The van der Waals surface area contributed by atoms with Crippen LogP contribution in [0.2, 0.25) is 0 Å². The average Bonchev–Trinajstić information content (AvgIpc) is 3.53. The van der Waals surface area contributed by atoms with Crippen LogP contribution in [0.15, 0.2) is 41.0 Å². The zero-order valence-corrected chi connectivity index (χ0v) is 26.7. The van der Waals surface area contributed by atoms with Crippen molar-refractivity contribution in [1.82, 2.24) is 29.6 Å². The van der Waals surface area contributed by atoms with Gasteiger partial charge in [0.15, 0.2) is 11.6 Å². The maximum absolute atomic E-state index is 13.5. The lowest BCUT2D eigenvalue weighted by Crippen LogP contribution is -2.39. The molecular formula is C29H35N9O5S2. The number of carbonyl (C=O) groups excluding carboxylic acids is 1. The molecule has 0 bridgehead atoms. The quantitative estimate of drug-likeness (QED) is 0.240. The molecule has 0 spiro atoms. The van der Waals surface area contributed by atoms with Crippen molar-refractivity contribution < 1.29 is 22.7 Å². The van der Waals surface area contributed by atoms with Gasteiger partial charge >= 0.3 is 5.97 Å². The number of anilines is 3. The summed E-state index contributed by atoms with van der Waals surface area (Å²) in [5, 5.41) is 3.00. The van der Waals surface area contributed by atoms with Gasteiger partial charge in [-0.05, 0) is 43.9 Å². The van der Waals surface area contributed by atoms with Gasteiger partial charge in [-0.15, -0.1) is 11.3 Å². The predicted molar refractivity (Wildman–Crippen MR) is 171 cm³/mol. The van der Waals surface area contributed by atoms with Gasteiger partial charge in [-0.3, -0.25) is 0 Å². The number of sulfonamides is 1. The number of carbonyl (C=O) groups is 1. The van der Waals surface area contributed by atoms with Gasteiger partial charge in [0.25, 0.3) is 0 Å². The fraction of sp³-hybridized carbons (Fsp3) is 0.448.